The Kier molecular flexibility index (Phi) is 4.25. The SMILES string of the molecule is CN(Cc1ncon1)C(=O)c1cnn(-c2ccccc2F)c1-n1cccc1. The number of carbonyl (C=O) groups is 1. The van der Waals surface area contributed by atoms with E-state index in [0.717, 1.165) is 0 Å². The average molecular weight is 366 g/mol. The van der Waals surface area contributed by atoms with Crippen LogP contribution in [0.3, 0.4) is 0 Å². The fraction of sp³-hybridized carbons (Fsp3) is 0.111. The number of nitrogens with zero attached hydrogens (tertiary/aromatic N) is 6. The van der Waals surface area contributed by atoms with Crippen LogP contribution >= 0.6 is 0 Å². The molecule has 4 aromatic rings. The maximum Gasteiger partial charge on any atom is 0.259 e. The first-order valence-corrected chi connectivity index (χ1v) is 8.12. The number of carbonyl (C=O) groups excluding carboxylic acids is 1. The average Bonchev–Trinajstić information content (AvgIpc) is 3.42. The molecule has 0 saturated carbocycles. The zero-order valence-electron chi connectivity index (χ0n) is 14.4. The molecule has 0 atom stereocenters. The van der Waals surface area contributed by atoms with Crippen molar-refractivity contribution in [1.29, 1.82) is 0 Å². The van der Waals surface area contributed by atoms with Crippen molar-refractivity contribution in [2.45, 2.75) is 6.54 Å². The lowest BCUT2D eigenvalue weighted by molar-refractivity contribution is 0.0780. The van der Waals surface area contributed by atoms with E-state index >= 15 is 0 Å². The molecular weight excluding hydrogens is 351 g/mol. The smallest absolute Gasteiger partial charge is 0.259 e. The second-order valence-corrected chi connectivity index (χ2v) is 5.84. The van der Waals surface area contributed by atoms with Crippen LogP contribution in [-0.4, -0.2) is 42.3 Å². The molecular formula is C18H15FN6O2. The zero-order valence-corrected chi connectivity index (χ0v) is 14.4. The predicted molar refractivity (Wildman–Crippen MR) is 92.9 cm³/mol. The molecule has 3 aromatic heterocycles. The van der Waals surface area contributed by atoms with E-state index in [4.69, 9.17) is 4.52 Å². The van der Waals surface area contributed by atoms with Gasteiger partial charge in [-0.3, -0.25) is 4.79 Å². The fourth-order valence-electron chi connectivity index (χ4n) is 2.77. The third kappa shape index (κ3) is 3.10. The van der Waals surface area contributed by atoms with Crippen molar-refractivity contribution in [2.75, 3.05) is 7.05 Å². The van der Waals surface area contributed by atoms with Crippen LogP contribution in [0, 0.1) is 5.82 Å². The van der Waals surface area contributed by atoms with Gasteiger partial charge in [-0.25, -0.2) is 9.07 Å². The molecule has 0 aliphatic heterocycles. The molecule has 0 radical (unpaired) electrons. The molecule has 1 aromatic carbocycles. The number of amides is 1. The third-order valence-electron chi connectivity index (χ3n) is 4.04. The summed E-state index contributed by atoms with van der Waals surface area (Å²) < 4.78 is 22.1. The van der Waals surface area contributed by atoms with Crippen LogP contribution in [0.1, 0.15) is 16.2 Å². The second-order valence-electron chi connectivity index (χ2n) is 5.84. The van der Waals surface area contributed by atoms with Crippen LogP contribution in [0.2, 0.25) is 0 Å². The predicted octanol–water partition coefficient (Wildman–Crippen LogP) is 2.46. The molecule has 3 heterocycles. The minimum absolute atomic E-state index is 0.172. The molecule has 0 unspecified atom stereocenters. The van der Waals surface area contributed by atoms with Crippen molar-refractivity contribution in [3.8, 4) is 11.5 Å². The quantitative estimate of drug-likeness (QED) is 0.542. The molecule has 0 bridgehead atoms. The van der Waals surface area contributed by atoms with Gasteiger partial charge in [-0.1, -0.05) is 17.3 Å². The van der Waals surface area contributed by atoms with Gasteiger partial charge in [0.15, 0.2) is 11.6 Å². The molecule has 0 N–H and O–H groups in total. The number of hydrogen-bond acceptors (Lipinski definition) is 5. The Hall–Kier alpha value is -3.75. The molecule has 27 heavy (non-hydrogen) atoms. The summed E-state index contributed by atoms with van der Waals surface area (Å²) in [4.78, 5) is 18.4. The van der Waals surface area contributed by atoms with E-state index in [1.54, 1.807) is 42.2 Å². The highest BCUT2D eigenvalue weighted by Crippen LogP contribution is 2.23. The summed E-state index contributed by atoms with van der Waals surface area (Å²) in [5.41, 5.74) is 0.571. The molecule has 0 saturated heterocycles. The Morgan fingerprint density at radius 1 is 1.22 bits per heavy atom. The summed E-state index contributed by atoms with van der Waals surface area (Å²) in [7, 11) is 1.62. The molecule has 4 rings (SSSR count). The van der Waals surface area contributed by atoms with Gasteiger partial charge >= 0.3 is 0 Å². The van der Waals surface area contributed by atoms with Crippen molar-refractivity contribution in [3.05, 3.63) is 78.6 Å². The molecule has 136 valence electrons. The minimum Gasteiger partial charge on any atom is -0.343 e. The van der Waals surface area contributed by atoms with E-state index in [0.29, 0.717) is 17.2 Å². The highest BCUT2D eigenvalue weighted by molar-refractivity contribution is 5.97. The van der Waals surface area contributed by atoms with Crippen molar-refractivity contribution < 1.29 is 13.7 Å². The van der Waals surface area contributed by atoms with Crippen LogP contribution < -0.4 is 0 Å². The topological polar surface area (TPSA) is 82.0 Å². The van der Waals surface area contributed by atoms with Gasteiger partial charge in [0, 0.05) is 19.4 Å². The van der Waals surface area contributed by atoms with Crippen LogP contribution in [0.15, 0.2) is 65.9 Å². The maximum absolute atomic E-state index is 14.3. The molecule has 1 amide bonds. The van der Waals surface area contributed by atoms with Crippen LogP contribution in [0.25, 0.3) is 11.5 Å². The Morgan fingerprint density at radius 2 is 2.00 bits per heavy atom. The summed E-state index contributed by atoms with van der Waals surface area (Å²) in [6.07, 6.45) is 6.17. The molecule has 0 aliphatic rings. The minimum atomic E-state index is -0.437. The number of hydrogen-bond donors (Lipinski definition) is 0. The summed E-state index contributed by atoms with van der Waals surface area (Å²) in [5, 5.41) is 7.98. The lowest BCUT2D eigenvalue weighted by Crippen LogP contribution is -2.27. The van der Waals surface area contributed by atoms with Gasteiger partial charge in [0.05, 0.1) is 12.7 Å². The Bertz CT molecular complexity index is 1060. The fourth-order valence-corrected chi connectivity index (χ4v) is 2.77. The van der Waals surface area contributed by atoms with Crippen molar-refractivity contribution in [1.82, 2.24) is 29.4 Å². The molecule has 0 spiro atoms. The maximum atomic E-state index is 14.3. The number of halogens is 1. The normalized spacial score (nSPS) is 10.9. The van der Waals surface area contributed by atoms with E-state index in [-0.39, 0.29) is 18.1 Å². The Balaban J connectivity index is 1.77. The summed E-state index contributed by atoms with van der Waals surface area (Å²) in [6.45, 7) is 0.172. The van der Waals surface area contributed by atoms with E-state index in [9.17, 15) is 9.18 Å². The monoisotopic (exact) mass is 366 g/mol. The van der Waals surface area contributed by atoms with Crippen molar-refractivity contribution in [3.63, 3.8) is 0 Å². The standard InChI is InChI=1S/C18H15FN6O2/c1-23(11-16-20-12-27-22-16)18(26)13-10-21-25(15-7-3-2-6-14(15)19)17(13)24-8-4-5-9-24/h2-10,12H,11H2,1H3. The first-order chi connectivity index (χ1) is 13.1. The number of rotatable bonds is 5. The van der Waals surface area contributed by atoms with Gasteiger partial charge in [0.25, 0.3) is 5.91 Å². The molecule has 8 nitrogen and oxygen atoms in total. The van der Waals surface area contributed by atoms with Crippen LogP contribution in [0.5, 0.6) is 0 Å². The van der Waals surface area contributed by atoms with E-state index in [1.807, 2.05) is 12.1 Å². The van der Waals surface area contributed by atoms with Gasteiger partial charge in [-0.15, -0.1) is 0 Å². The molecule has 0 fully saturated rings. The van der Waals surface area contributed by atoms with Crippen molar-refractivity contribution >= 4 is 5.91 Å². The van der Waals surface area contributed by atoms with Crippen molar-refractivity contribution in [2.24, 2.45) is 0 Å². The van der Waals surface area contributed by atoms with Gasteiger partial charge in [0.1, 0.15) is 17.1 Å². The first kappa shape index (κ1) is 16.7. The van der Waals surface area contributed by atoms with Gasteiger partial charge in [-0.2, -0.15) is 10.1 Å². The van der Waals surface area contributed by atoms with E-state index in [1.165, 1.54) is 28.2 Å². The summed E-state index contributed by atoms with van der Waals surface area (Å²) in [5.74, 6) is 0.0872. The molecule has 9 heteroatoms. The Labute approximate surface area is 153 Å². The number of aromatic nitrogens is 5. The van der Waals surface area contributed by atoms with Gasteiger partial charge < -0.3 is 14.0 Å². The van der Waals surface area contributed by atoms with E-state index < -0.39 is 5.82 Å². The van der Waals surface area contributed by atoms with E-state index in [2.05, 4.69) is 15.2 Å². The summed E-state index contributed by atoms with van der Waals surface area (Å²) >= 11 is 0. The third-order valence-corrected chi connectivity index (χ3v) is 4.04. The Morgan fingerprint density at radius 3 is 2.70 bits per heavy atom. The number of para-hydroxylation sites is 1. The second kappa shape index (κ2) is 6.87. The van der Waals surface area contributed by atoms with Gasteiger partial charge in [0.2, 0.25) is 6.39 Å². The van der Waals surface area contributed by atoms with Crippen LogP contribution in [0.4, 0.5) is 4.39 Å². The molecule has 0 aliphatic carbocycles. The largest absolute Gasteiger partial charge is 0.343 e. The summed E-state index contributed by atoms with van der Waals surface area (Å²) in [6, 6.07) is 9.89. The zero-order chi connectivity index (χ0) is 18.8. The lowest BCUT2D eigenvalue weighted by Gasteiger charge is -2.16. The highest BCUT2D eigenvalue weighted by Gasteiger charge is 2.24. The highest BCUT2D eigenvalue weighted by atomic mass is 19.1. The first-order valence-electron chi connectivity index (χ1n) is 8.12. The number of benzene rings is 1. The van der Waals surface area contributed by atoms with Crippen LogP contribution in [-0.2, 0) is 6.54 Å². The lowest BCUT2D eigenvalue weighted by atomic mass is 10.2. The van der Waals surface area contributed by atoms with Gasteiger partial charge in [-0.05, 0) is 24.3 Å².